The number of hydrogen-bond acceptors (Lipinski definition) is 3. The van der Waals surface area contributed by atoms with Gasteiger partial charge in [0, 0.05) is 26.2 Å². The Morgan fingerprint density at radius 2 is 1.82 bits per heavy atom. The zero-order valence-corrected chi connectivity index (χ0v) is 14.7. The first kappa shape index (κ1) is 18.4. The normalized spacial score (nSPS) is 13.0. The molecule has 0 saturated heterocycles. The zero-order chi connectivity index (χ0) is 16.8. The number of aliphatic imine (C=N–C) groups is 1. The maximum absolute atomic E-state index is 11.4. The summed E-state index contributed by atoms with van der Waals surface area (Å²) in [6.07, 6.45) is 1.16. The number of benzene rings is 1. The lowest BCUT2D eigenvalue weighted by Gasteiger charge is -2.27. The second-order valence-corrected chi connectivity index (χ2v) is 7.88. The summed E-state index contributed by atoms with van der Waals surface area (Å²) in [4.78, 5) is 6.42. The molecule has 22 heavy (non-hydrogen) atoms. The summed E-state index contributed by atoms with van der Waals surface area (Å²) in [5, 5.41) is 3.20. The Morgan fingerprint density at radius 3 is 2.32 bits per heavy atom. The van der Waals surface area contributed by atoms with Crippen molar-refractivity contribution in [3.05, 3.63) is 35.9 Å². The van der Waals surface area contributed by atoms with E-state index in [0.717, 1.165) is 11.8 Å². The first-order valence-corrected chi connectivity index (χ1v) is 8.97. The van der Waals surface area contributed by atoms with Crippen molar-refractivity contribution >= 4 is 16.0 Å². The van der Waals surface area contributed by atoms with Gasteiger partial charge >= 0.3 is 0 Å². The minimum absolute atomic E-state index is 0.436. The van der Waals surface area contributed by atoms with Crippen LogP contribution in [0.5, 0.6) is 0 Å². The van der Waals surface area contributed by atoms with Crippen LogP contribution in [0.3, 0.4) is 0 Å². The number of sulfonamides is 1. The number of guanidine groups is 1. The molecule has 1 rings (SSSR count). The van der Waals surface area contributed by atoms with Crippen molar-refractivity contribution in [2.75, 3.05) is 26.9 Å². The standard InChI is InChI=1S/C15H26N4O2S/c1-15(2,18-22(5,20)21)12-17-14(19(3)4)16-11-13-9-7-6-8-10-13/h6-10,18H,11-12H2,1-5H3,(H,16,17). The molecule has 0 aliphatic heterocycles. The Kier molecular flexibility index (Phi) is 6.37. The van der Waals surface area contributed by atoms with E-state index in [4.69, 9.17) is 0 Å². The van der Waals surface area contributed by atoms with Gasteiger partial charge in [-0.25, -0.2) is 18.1 Å². The van der Waals surface area contributed by atoms with Gasteiger partial charge in [-0.2, -0.15) is 0 Å². The third-order valence-corrected chi connectivity index (χ3v) is 3.75. The van der Waals surface area contributed by atoms with Gasteiger partial charge in [0.05, 0.1) is 12.8 Å². The molecule has 0 radical (unpaired) electrons. The molecule has 0 unspecified atom stereocenters. The second kappa shape index (κ2) is 7.60. The molecule has 2 N–H and O–H groups in total. The summed E-state index contributed by atoms with van der Waals surface area (Å²) in [6.45, 7) is 4.66. The van der Waals surface area contributed by atoms with Crippen molar-refractivity contribution in [1.29, 1.82) is 0 Å². The Morgan fingerprint density at radius 1 is 1.23 bits per heavy atom. The lowest BCUT2D eigenvalue weighted by atomic mass is 10.1. The van der Waals surface area contributed by atoms with E-state index in [0.29, 0.717) is 19.0 Å². The highest BCUT2D eigenvalue weighted by Crippen LogP contribution is 2.03. The average Bonchev–Trinajstić information content (AvgIpc) is 2.36. The predicted octanol–water partition coefficient (Wildman–Crippen LogP) is 1.02. The minimum Gasteiger partial charge on any atom is -0.354 e. The van der Waals surface area contributed by atoms with E-state index in [9.17, 15) is 8.42 Å². The molecule has 0 aliphatic rings. The molecule has 0 amide bonds. The predicted molar refractivity (Wildman–Crippen MR) is 91.3 cm³/mol. The molecule has 0 spiro atoms. The van der Waals surface area contributed by atoms with E-state index in [1.807, 2.05) is 63.2 Å². The van der Waals surface area contributed by atoms with E-state index in [1.54, 1.807) is 0 Å². The van der Waals surface area contributed by atoms with Crippen LogP contribution >= 0.6 is 0 Å². The van der Waals surface area contributed by atoms with Gasteiger partial charge in [-0.3, -0.25) is 0 Å². The maximum Gasteiger partial charge on any atom is 0.209 e. The van der Waals surface area contributed by atoms with Crippen LogP contribution in [0.1, 0.15) is 19.4 Å². The fourth-order valence-electron chi connectivity index (χ4n) is 1.94. The molecule has 1 aromatic carbocycles. The van der Waals surface area contributed by atoms with Crippen LogP contribution in [0.2, 0.25) is 0 Å². The van der Waals surface area contributed by atoms with Crippen molar-refractivity contribution < 1.29 is 8.42 Å². The van der Waals surface area contributed by atoms with Gasteiger partial charge < -0.3 is 10.2 Å². The van der Waals surface area contributed by atoms with Crippen LogP contribution in [-0.4, -0.2) is 51.7 Å². The third-order valence-electron chi connectivity index (χ3n) is 2.83. The maximum atomic E-state index is 11.4. The minimum atomic E-state index is -3.25. The summed E-state index contributed by atoms with van der Waals surface area (Å²) >= 11 is 0. The molecular formula is C15H26N4O2S. The van der Waals surface area contributed by atoms with E-state index >= 15 is 0 Å². The molecular weight excluding hydrogens is 300 g/mol. The van der Waals surface area contributed by atoms with Crippen LogP contribution in [-0.2, 0) is 16.6 Å². The first-order valence-electron chi connectivity index (χ1n) is 7.07. The molecule has 0 aromatic heterocycles. The lowest BCUT2D eigenvalue weighted by Crippen LogP contribution is -2.52. The molecule has 0 atom stereocenters. The number of rotatable bonds is 6. The van der Waals surface area contributed by atoms with E-state index in [2.05, 4.69) is 15.0 Å². The fraction of sp³-hybridized carbons (Fsp3) is 0.533. The molecule has 0 saturated carbocycles. The molecule has 7 heteroatoms. The van der Waals surface area contributed by atoms with Crippen LogP contribution < -0.4 is 10.0 Å². The third kappa shape index (κ3) is 7.42. The van der Waals surface area contributed by atoms with Crippen molar-refractivity contribution in [3.63, 3.8) is 0 Å². The fourth-order valence-corrected chi connectivity index (χ4v) is 3.02. The van der Waals surface area contributed by atoms with E-state index in [1.165, 1.54) is 0 Å². The van der Waals surface area contributed by atoms with Crippen LogP contribution in [0.25, 0.3) is 0 Å². The van der Waals surface area contributed by atoms with Gasteiger partial charge in [-0.1, -0.05) is 30.3 Å². The van der Waals surface area contributed by atoms with Crippen molar-refractivity contribution in [2.45, 2.75) is 25.9 Å². The highest BCUT2D eigenvalue weighted by Gasteiger charge is 2.22. The Labute approximate surface area is 133 Å². The smallest absolute Gasteiger partial charge is 0.209 e. The number of nitrogens with zero attached hydrogens (tertiary/aromatic N) is 2. The summed E-state index contributed by atoms with van der Waals surface area (Å²) in [5.74, 6) is 0.715. The van der Waals surface area contributed by atoms with Gasteiger partial charge in [0.1, 0.15) is 0 Å². The molecule has 124 valence electrons. The second-order valence-electron chi connectivity index (χ2n) is 6.13. The molecule has 1 aromatic rings. The number of nitrogens with one attached hydrogen (secondary N) is 2. The van der Waals surface area contributed by atoms with Gasteiger partial charge in [0.15, 0.2) is 5.96 Å². The van der Waals surface area contributed by atoms with Crippen molar-refractivity contribution in [1.82, 2.24) is 14.9 Å². The van der Waals surface area contributed by atoms with Gasteiger partial charge in [0.25, 0.3) is 0 Å². The van der Waals surface area contributed by atoms with Gasteiger partial charge in [-0.05, 0) is 19.4 Å². The van der Waals surface area contributed by atoms with Gasteiger partial charge in [-0.15, -0.1) is 0 Å². The van der Waals surface area contributed by atoms with E-state index in [-0.39, 0.29) is 0 Å². The van der Waals surface area contributed by atoms with Crippen molar-refractivity contribution in [2.24, 2.45) is 4.99 Å². The molecule has 0 heterocycles. The average molecular weight is 326 g/mol. The SMILES string of the molecule is CN(C)C(=NCc1ccccc1)NCC(C)(C)NS(C)(=O)=O. The zero-order valence-electron chi connectivity index (χ0n) is 13.9. The summed E-state index contributed by atoms with van der Waals surface area (Å²) in [6, 6.07) is 9.97. The monoisotopic (exact) mass is 326 g/mol. The van der Waals surface area contributed by atoms with Crippen LogP contribution in [0.4, 0.5) is 0 Å². The largest absolute Gasteiger partial charge is 0.354 e. The first-order chi connectivity index (χ1) is 10.1. The molecule has 0 bridgehead atoms. The van der Waals surface area contributed by atoms with Crippen LogP contribution in [0.15, 0.2) is 35.3 Å². The summed E-state index contributed by atoms with van der Waals surface area (Å²) in [7, 11) is 0.545. The van der Waals surface area contributed by atoms with Gasteiger partial charge in [0.2, 0.25) is 10.0 Å². The van der Waals surface area contributed by atoms with Crippen LogP contribution in [0, 0.1) is 0 Å². The number of hydrogen-bond donors (Lipinski definition) is 2. The summed E-state index contributed by atoms with van der Waals surface area (Å²) in [5.41, 5.74) is 0.522. The molecule has 6 nitrogen and oxygen atoms in total. The lowest BCUT2D eigenvalue weighted by molar-refractivity contribution is 0.437. The van der Waals surface area contributed by atoms with E-state index < -0.39 is 15.6 Å². The Hall–Kier alpha value is -1.60. The highest BCUT2D eigenvalue weighted by atomic mass is 32.2. The molecule has 0 aliphatic carbocycles. The Balaban J connectivity index is 2.69. The highest BCUT2D eigenvalue weighted by molar-refractivity contribution is 7.88. The Bertz CT molecular complexity index is 595. The quantitative estimate of drug-likeness (QED) is 0.605. The topological polar surface area (TPSA) is 73.8 Å². The molecule has 0 fully saturated rings. The van der Waals surface area contributed by atoms with Crippen molar-refractivity contribution in [3.8, 4) is 0 Å². The summed E-state index contributed by atoms with van der Waals surface area (Å²) < 4.78 is 25.3.